The molecular formula is C18H22N2O5S2. The maximum Gasteiger partial charge on any atom is 0.278 e. The van der Waals surface area contributed by atoms with Gasteiger partial charge in [0.25, 0.3) is 22.5 Å². The van der Waals surface area contributed by atoms with Crippen molar-refractivity contribution in [2.75, 3.05) is 31.5 Å². The average Bonchev–Trinajstić information content (AvgIpc) is 2.69. The SMILES string of the molecule is COS(=O)N(c1ccc(Oc2cccc3c2CCN(C)C3)cc1)S(=O)OC. The van der Waals surface area contributed by atoms with Crippen LogP contribution in [0.2, 0.25) is 0 Å². The number of hydrogen-bond acceptors (Lipinski definition) is 6. The van der Waals surface area contributed by atoms with Crippen molar-refractivity contribution in [1.29, 1.82) is 0 Å². The van der Waals surface area contributed by atoms with Gasteiger partial charge in [-0.25, -0.2) is 8.42 Å². The lowest BCUT2D eigenvalue weighted by atomic mass is 9.99. The molecule has 27 heavy (non-hydrogen) atoms. The molecule has 2 atom stereocenters. The van der Waals surface area contributed by atoms with Crippen molar-refractivity contribution in [3.8, 4) is 11.5 Å². The zero-order valence-corrected chi connectivity index (χ0v) is 17.0. The molecule has 1 aliphatic heterocycles. The van der Waals surface area contributed by atoms with Crippen molar-refractivity contribution in [1.82, 2.24) is 4.90 Å². The van der Waals surface area contributed by atoms with Crippen LogP contribution >= 0.6 is 0 Å². The van der Waals surface area contributed by atoms with Gasteiger partial charge in [-0.3, -0.25) is 8.37 Å². The summed E-state index contributed by atoms with van der Waals surface area (Å²) in [6, 6.07) is 12.9. The quantitative estimate of drug-likeness (QED) is 0.699. The van der Waals surface area contributed by atoms with Crippen LogP contribution in [0, 0.1) is 0 Å². The van der Waals surface area contributed by atoms with Gasteiger partial charge in [-0.15, -0.1) is 0 Å². The molecule has 1 heterocycles. The first-order chi connectivity index (χ1) is 13.0. The lowest BCUT2D eigenvalue weighted by Crippen LogP contribution is -2.29. The average molecular weight is 411 g/mol. The molecule has 2 unspecified atom stereocenters. The topological polar surface area (TPSA) is 68.3 Å². The van der Waals surface area contributed by atoms with Crippen LogP contribution in [-0.2, 0) is 43.9 Å². The molecule has 1 aliphatic rings. The highest BCUT2D eigenvalue weighted by Crippen LogP contribution is 2.32. The first-order valence-electron chi connectivity index (χ1n) is 8.33. The fourth-order valence-electron chi connectivity index (χ4n) is 2.93. The summed E-state index contributed by atoms with van der Waals surface area (Å²) >= 11 is -3.87. The first kappa shape index (κ1) is 20.0. The minimum absolute atomic E-state index is 0.430. The number of benzene rings is 2. The number of ether oxygens (including phenoxy) is 1. The van der Waals surface area contributed by atoms with Crippen molar-refractivity contribution >= 4 is 28.2 Å². The molecule has 0 N–H and O–H groups in total. The molecule has 0 saturated carbocycles. The third-order valence-corrected chi connectivity index (χ3v) is 6.51. The lowest BCUT2D eigenvalue weighted by Gasteiger charge is -2.26. The molecular weight excluding hydrogens is 388 g/mol. The van der Waals surface area contributed by atoms with E-state index in [0.29, 0.717) is 11.4 Å². The van der Waals surface area contributed by atoms with E-state index in [1.165, 1.54) is 25.3 Å². The third kappa shape index (κ3) is 4.56. The molecule has 0 spiro atoms. The molecule has 0 amide bonds. The van der Waals surface area contributed by atoms with Gasteiger partial charge in [-0.2, -0.15) is 3.71 Å². The zero-order chi connectivity index (χ0) is 19.4. The van der Waals surface area contributed by atoms with Crippen molar-refractivity contribution in [3.63, 3.8) is 0 Å². The Morgan fingerprint density at radius 1 is 1.00 bits per heavy atom. The molecule has 3 rings (SSSR count). The largest absolute Gasteiger partial charge is 0.457 e. The second-order valence-corrected chi connectivity index (χ2v) is 8.50. The summed E-state index contributed by atoms with van der Waals surface area (Å²) in [5, 5.41) is 0. The van der Waals surface area contributed by atoms with Crippen LogP contribution in [0.5, 0.6) is 11.5 Å². The zero-order valence-electron chi connectivity index (χ0n) is 15.4. The van der Waals surface area contributed by atoms with Gasteiger partial charge in [0, 0.05) is 18.7 Å². The Balaban J connectivity index is 1.81. The van der Waals surface area contributed by atoms with Gasteiger partial charge in [0.05, 0.1) is 19.9 Å². The highest BCUT2D eigenvalue weighted by atomic mass is 32.3. The molecule has 0 bridgehead atoms. The van der Waals surface area contributed by atoms with Crippen LogP contribution in [0.3, 0.4) is 0 Å². The molecule has 9 heteroatoms. The number of fused-ring (bicyclic) bond motifs is 1. The van der Waals surface area contributed by atoms with E-state index in [1.54, 1.807) is 24.3 Å². The Kier molecular flexibility index (Phi) is 6.61. The maximum absolute atomic E-state index is 12.0. The molecule has 0 radical (unpaired) electrons. The Morgan fingerprint density at radius 3 is 2.30 bits per heavy atom. The van der Waals surface area contributed by atoms with Gasteiger partial charge in [-0.1, -0.05) is 12.1 Å². The molecule has 0 fully saturated rings. The van der Waals surface area contributed by atoms with Crippen molar-refractivity contribution in [2.24, 2.45) is 0 Å². The van der Waals surface area contributed by atoms with Gasteiger partial charge in [-0.05, 0) is 49.4 Å². The summed E-state index contributed by atoms with van der Waals surface area (Å²) in [6.07, 6.45) is 0.938. The fourth-order valence-corrected chi connectivity index (χ4v) is 4.55. The van der Waals surface area contributed by atoms with E-state index in [4.69, 9.17) is 13.1 Å². The van der Waals surface area contributed by atoms with Crippen LogP contribution in [0.25, 0.3) is 0 Å². The fraction of sp³-hybridized carbons (Fsp3) is 0.333. The van der Waals surface area contributed by atoms with E-state index in [0.717, 1.165) is 29.0 Å². The van der Waals surface area contributed by atoms with Crippen molar-refractivity contribution < 1.29 is 21.5 Å². The predicted octanol–water partition coefficient (Wildman–Crippen LogP) is 2.72. The Bertz CT molecular complexity index is 828. The van der Waals surface area contributed by atoms with Gasteiger partial charge in [0.2, 0.25) is 0 Å². The van der Waals surface area contributed by atoms with Crippen LogP contribution in [0.1, 0.15) is 11.1 Å². The van der Waals surface area contributed by atoms with E-state index in [9.17, 15) is 8.42 Å². The number of anilines is 1. The van der Waals surface area contributed by atoms with E-state index in [1.807, 2.05) is 12.1 Å². The number of rotatable bonds is 7. The second kappa shape index (κ2) is 8.94. The summed E-state index contributed by atoms with van der Waals surface area (Å²) < 4.78 is 40.6. The van der Waals surface area contributed by atoms with E-state index in [-0.39, 0.29) is 0 Å². The molecule has 146 valence electrons. The van der Waals surface area contributed by atoms with Crippen LogP contribution in [0.15, 0.2) is 42.5 Å². The third-order valence-electron chi connectivity index (χ3n) is 4.25. The van der Waals surface area contributed by atoms with Gasteiger partial charge < -0.3 is 9.64 Å². The number of nitrogens with zero attached hydrogens (tertiary/aromatic N) is 2. The Morgan fingerprint density at radius 2 is 1.67 bits per heavy atom. The smallest absolute Gasteiger partial charge is 0.278 e. The van der Waals surface area contributed by atoms with Crippen LogP contribution < -0.4 is 8.45 Å². The van der Waals surface area contributed by atoms with Crippen LogP contribution in [0.4, 0.5) is 5.69 Å². The Hall–Kier alpha value is -1.78. The first-order valence-corrected chi connectivity index (χ1v) is 10.4. The predicted molar refractivity (Wildman–Crippen MR) is 106 cm³/mol. The molecule has 0 aliphatic carbocycles. The minimum Gasteiger partial charge on any atom is -0.457 e. The van der Waals surface area contributed by atoms with Crippen molar-refractivity contribution in [3.05, 3.63) is 53.6 Å². The van der Waals surface area contributed by atoms with E-state index >= 15 is 0 Å². The van der Waals surface area contributed by atoms with Crippen molar-refractivity contribution in [2.45, 2.75) is 13.0 Å². The summed E-state index contributed by atoms with van der Waals surface area (Å²) in [6.45, 7) is 1.90. The van der Waals surface area contributed by atoms with Gasteiger partial charge >= 0.3 is 0 Å². The summed E-state index contributed by atoms with van der Waals surface area (Å²) in [7, 11) is 4.64. The van der Waals surface area contributed by atoms with Gasteiger partial charge in [0.15, 0.2) is 0 Å². The lowest BCUT2D eigenvalue weighted by molar-refractivity contribution is 0.309. The van der Waals surface area contributed by atoms with Gasteiger partial charge in [0.1, 0.15) is 11.5 Å². The highest BCUT2D eigenvalue weighted by Gasteiger charge is 2.22. The summed E-state index contributed by atoms with van der Waals surface area (Å²) in [5.74, 6) is 1.48. The molecule has 2 aromatic carbocycles. The molecule has 7 nitrogen and oxygen atoms in total. The highest BCUT2D eigenvalue weighted by molar-refractivity contribution is 7.99. The summed E-state index contributed by atoms with van der Waals surface area (Å²) in [5.41, 5.74) is 2.93. The number of hydrogen-bond donors (Lipinski definition) is 0. The van der Waals surface area contributed by atoms with Crippen LogP contribution in [-0.4, -0.2) is 41.1 Å². The standard InChI is InChI=1S/C18H22N2O5S2/c1-19-12-11-17-14(13-19)5-4-6-18(17)25-16-9-7-15(8-10-16)20(26(21)23-2)27(22)24-3/h4-10H,11-13H2,1-3H3. The van der Waals surface area contributed by atoms with E-state index < -0.39 is 22.5 Å². The molecule has 0 saturated heterocycles. The minimum atomic E-state index is -1.93. The molecule has 2 aromatic rings. The number of likely N-dealkylation sites (N-methyl/N-ethyl adjacent to an activating group) is 1. The summed E-state index contributed by atoms with van der Waals surface area (Å²) in [4.78, 5) is 2.28. The normalized spacial score (nSPS) is 16.4. The maximum atomic E-state index is 12.0. The molecule has 0 aromatic heterocycles. The monoisotopic (exact) mass is 410 g/mol. The Labute approximate surface area is 164 Å². The second-order valence-electron chi connectivity index (χ2n) is 6.00. The van der Waals surface area contributed by atoms with E-state index in [2.05, 4.69) is 18.0 Å².